The van der Waals surface area contributed by atoms with Crippen LogP contribution in [0.1, 0.15) is 28.9 Å². The van der Waals surface area contributed by atoms with E-state index in [4.69, 9.17) is 4.74 Å². The smallest absolute Gasteiger partial charge is 0.338 e. The van der Waals surface area contributed by atoms with E-state index < -0.39 is 33.5 Å². The summed E-state index contributed by atoms with van der Waals surface area (Å²) >= 11 is 0. The molecule has 2 rings (SSSR count). The molecule has 7 heteroatoms. The van der Waals surface area contributed by atoms with Gasteiger partial charge in [0.25, 0.3) is 0 Å². The average Bonchev–Trinajstić information content (AvgIpc) is 2.46. The fourth-order valence-corrected chi connectivity index (χ4v) is 2.59. The van der Waals surface area contributed by atoms with Crippen LogP contribution in [0.15, 0.2) is 47.4 Å². The maximum absolute atomic E-state index is 13.6. The minimum atomic E-state index is -3.36. The van der Waals surface area contributed by atoms with Crippen molar-refractivity contribution in [3.05, 3.63) is 65.2 Å². The molecule has 0 aliphatic rings. The number of esters is 1. The Hall–Kier alpha value is -2.28. The molecule has 122 valence electrons. The van der Waals surface area contributed by atoms with Crippen molar-refractivity contribution in [2.75, 3.05) is 6.26 Å². The van der Waals surface area contributed by atoms with Crippen molar-refractivity contribution in [2.45, 2.75) is 17.9 Å². The van der Waals surface area contributed by atoms with Crippen LogP contribution in [0.4, 0.5) is 8.78 Å². The molecule has 0 aromatic heterocycles. The molecule has 0 bridgehead atoms. The Kier molecular flexibility index (Phi) is 4.79. The van der Waals surface area contributed by atoms with E-state index in [1.165, 1.54) is 37.3 Å². The van der Waals surface area contributed by atoms with E-state index in [9.17, 15) is 22.0 Å². The Bertz CT molecular complexity index is 830. The molecule has 0 saturated carbocycles. The van der Waals surface area contributed by atoms with E-state index in [0.29, 0.717) is 6.07 Å². The molecule has 23 heavy (non-hydrogen) atoms. The normalized spacial score (nSPS) is 12.7. The highest BCUT2D eigenvalue weighted by Crippen LogP contribution is 2.22. The largest absolute Gasteiger partial charge is 0.454 e. The summed E-state index contributed by atoms with van der Waals surface area (Å²) in [5, 5.41) is 0. The second-order valence-corrected chi connectivity index (χ2v) is 7.03. The van der Waals surface area contributed by atoms with E-state index in [1.54, 1.807) is 0 Å². The van der Waals surface area contributed by atoms with Crippen molar-refractivity contribution in [1.82, 2.24) is 0 Å². The highest BCUT2D eigenvalue weighted by atomic mass is 32.2. The summed E-state index contributed by atoms with van der Waals surface area (Å²) in [4.78, 5) is 12.1. The lowest BCUT2D eigenvalue weighted by Gasteiger charge is -2.14. The Morgan fingerprint density at radius 2 is 1.70 bits per heavy atom. The third-order valence-corrected chi connectivity index (χ3v) is 4.33. The monoisotopic (exact) mass is 340 g/mol. The summed E-state index contributed by atoms with van der Waals surface area (Å²) < 4.78 is 54.3. The van der Waals surface area contributed by atoms with E-state index in [1.807, 2.05) is 0 Å². The SMILES string of the molecule is C[C@@H](OC(=O)c1ccc(S(C)(=O)=O)cc1)c1ccc(F)cc1F. The molecule has 2 aromatic carbocycles. The van der Waals surface area contributed by atoms with E-state index >= 15 is 0 Å². The molecular formula is C16H14F2O4S. The molecule has 2 aromatic rings. The summed E-state index contributed by atoms with van der Waals surface area (Å²) in [7, 11) is -3.36. The maximum atomic E-state index is 13.6. The van der Waals surface area contributed by atoms with Gasteiger partial charge in [0.05, 0.1) is 10.5 Å². The highest BCUT2D eigenvalue weighted by molar-refractivity contribution is 7.90. The number of benzene rings is 2. The van der Waals surface area contributed by atoms with Gasteiger partial charge in [-0.25, -0.2) is 22.0 Å². The molecule has 0 aliphatic heterocycles. The number of hydrogen-bond acceptors (Lipinski definition) is 4. The molecule has 0 heterocycles. The Morgan fingerprint density at radius 1 is 1.09 bits per heavy atom. The molecule has 0 aliphatic carbocycles. The third kappa shape index (κ3) is 4.13. The number of carbonyl (C=O) groups is 1. The number of ether oxygens (including phenoxy) is 1. The summed E-state index contributed by atoms with van der Waals surface area (Å²) in [5.74, 6) is -2.26. The number of rotatable bonds is 4. The van der Waals surface area contributed by atoms with E-state index in [-0.39, 0.29) is 16.0 Å². The van der Waals surface area contributed by atoms with Crippen LogP contribution in [0, 0.1) is 11.6 Å². The lowest BCUT2D eigenvalue weighted by atomic mass is 10.1. The van der Waals surface area contributed by atoms with Gasteiger partial charge in [0.1, 0.15) is 17.7 Å². The zero-order valence-corrected chi connectivity index (χ0v) is 13.2. The van der Waals surface area contributed by atoms with Crippen molar-refractivity contribution in [2.24, 2.45) is 0 Å². The van der Waals surface area contributed by atoms with Crippen LogP contribution in [0.5, 0.6) is 0 Å². The molecule has 0 spiro atoms. The van der Waals surface area contributed by atoms with Crippen molar-refractivity contribution in [1.29, 1.82) is 0 Å². The van der Waals surface area contributed by atoms with Gasteiger partial charge in [-0.1, -0.05) is 0 Å². The first-order valence-electron chi connectivity index (χ1n) is 6.64. The van der Waals surface area contributed by atoms with Gasteiger partial charge in [-0.2, -0.15) is 0 Å². The van der Waals surface area contributed by atoms with Crippen molar-refractivity contribution in [3.8, 4) is 0 Å². The highest BCUT2D eigenvalue weighted by Gasteiger charge is 2.18. The van der Waals surface area contributed by atoms with Crippen molar-refractivity contribution in [3.63, 3.8) is 0 Å². The van der Waals surface area contributed by atoms with Gasteiger partial charge in [0.15, 0.2) is 9.84 Å². The summed E-state index contributed by atoms with van der Waals surface area (Å²) in [6.45, 7) is 1.46. The zero-order valence-electron chi connectivity index (χ0n) is 12.4. The summed E-state index contributed by atoms with van der Waals surface area (Å²) in [5.41, 5.74) is 0.180. The number of sulfone groups is 1. The summed E-state index contributed by atoms with van der Waals surface area (Å²) in [6.07, 6.45) is 0.136. The van der Waals surface area contributed by atoms with Gasteiger partial charge in [-0.3, -0.25) is 0 Å². The molecule has 1 atom stereocenters. The fourth-order valence-electron chi connectivity index (χ4n) is 1.96. The fraction of sp³-hybridized carbons (Fsp3) is 0.188. The first-order valence-corrected chi connectivity index (χ1v) is 8.53. The Labute approximate surface area is 132 Å². The van der Waals surface area contributed by atoms with Gasteiger partial charge in [-0.15, -0.1) is 0 Å². The second-order valence-electron chi connectivity index (χ2n) is 5.01. The Balaban J connectivity index is 2.15. The molecule has 4 nitrogen and oxygen atoms in total. The van der Waals surface area contributed by atoms with Crippen LogP contribution in [0.2, 0.25) is 0 Å². The van der Waals surface area contributed by atoms with Crippen LogP contribution >= 0.6 is 0 Å². The molecule has 0 fully saturated rings. The minimum Gasteiger partial charge on any atom is -0.454 e. The number of halogens is 2. The van der Waals surface area contributed by atoms with Crippen LogP contribution in [-0.4, -0.2) is 20.6 Å². The first-order chi connectivity index (χ1) is 10.7. The molecule has 0 radical (unpaired) electrons. The molecule has 0 unspecified atom stereocenters. The number of hydrogen-bond donors (Lipinski definition) is 0. The van der Waals surface area contributed by atoms with Crippen molar-refractivity contribution < 1.29 is 26.7 Å². The second kappa shape index (κ2) is 6.45. The number of carbonyl (C=O) groups excluding carboxylic acids is 1. The first kappa shape index (κ1) is 17.1. The lowest BCUT2D eigenvalue weighted by Crippen LogP contribution is -2.11. The van der Waals surface area contributed by atoms with Gasteiger partial charge in [0.2, 0.25) is 0 Å². The van der Waals surface area contributed by atoms with Crippen LogP contribution in [0.3, 0.4) is 0 Å². The molecule has 0 saturated heterocycles. The van der Waals surface area contributed by atoms with Crippen molar-refractivity contribution >= 4 is 15.8 Å². The minimum absolute atomic E-state index is 0.0486. The van der Waals surface area contributed by atoms with Crippen LogP contribution in [-0.2, 0) is 14.6 Å². The summed E-state index contributed by atoms with van der Waals surface area (Å²) in [6, 6.07) is 8.18. The van der Waals surface area contributed by atoms with Crippen LogP contribution < -0.4 is 0 Å². The molecule has 0 N–H and O–H groups in total. The van der Waals surface area contributed by atoms with Gasteiger partial charge in [0, 0.05) is 17.9 Å². The van der Waals surface area contributed by atoms with E-state index in [2.05, 4.69) is 0 Å². The third-order valence-electron chi connectivity index (χ3n) is 3.20. The van der Waals surface area contributed by atoms with Gasteiger partial charge < -0.3 is 4.74 Å². The van der Waals surface area contributed by atoms with Gasteiger partial charge >= 0.3 is 5.97 Å². The Morgan fingerprint density at radius 3 is 2.22 bits per heavy atom. The molecular weight excluding hydrogens is 326 g/mol. The quantitative estimate of drug-likeness (QED) is 0.802. The standard InChI is InChI=1S/C16H14F2O4S/c1-10(14-8-5-12(17)9-15(14)18)22-16(19)11-3-6-13(7-4-11)23(2,20)21/h3-10H,1-2H3/t10-/m1/s1. The topological polar surface area (TPSA) is 60.4 Å². The maximum Gasteiger partial charge on any atom is 0.338 e. The lowest BCUT2D eigenvalue weighted by molar-refractivity contribution is 0.0331. The average molecular weight is 340 g/mol. The predicted octanol–water partition coefficient (Wildman–Crippen LogP) is 3.29. The van der Waals surface area contributed by atoms with E-state index in [0.717, 1.165) is 12.3 Å². The zero-order chi connectivity index (χ0) is 17.2. The van der Waals surface area contributed by atoms with Crippen LogP contribution in [0.25, 0.3) is 0 Å². The molecule has 0 amide bonds. The van der Waals surface area contributed by atoms with Gasteiger partial charge in [-0.05, 0) is 43.3 Å². The predicted molar refractivity (Wildman–Crippen MR) is 79.7 cm³/mol.